The van der Waals surface area contributed by atoms with Crippen LogP contribution in [0.15, 0.2) is 29.8 Å². The number of hydrogen-bond acceptors (Lipinski definition) is 4. The molecule has 0 aliphatic rings. The van der Waals surface area contributed by atoms with Crippen LogP contribution in [0.3, 0.4) is 0 Å². The molecule has 0 aliphatic carbocycles. The lowest BCUT2D eigenvalue weighted by molar-refractivity contribution is -0.130. The molecule has 0 bridgehead atoms. The molecule has 90 valence electrons. The van der Waals surface area contributed by atoms with Crippen molar-refractivity contribution in [3.05, 3.63) is 35.4 Å². The van der Waals surface area contributed by atoms with E-state index in [-0.39, 0.29) is 0 Å². The van der Waals surface area contributed by atoms with Gasteiger partial charge in [-0.15, -0.1) is 0 Å². The van der Waals surface area contributed by atoms with Crippen molar-refractivity contribution in [1.82, 2.24) is 0 Å². The topological polar surface area (TPSA) is 52.6 Å². The van der Waals surface area contributed by atoms with Crippen LogP contribution in [-0.4, -0.2) is 19.4 Å². The largest absolute Gasteiger partial charge is 0.493 e. The molecule has 0 heterocycles. The summed E-state index contributed by atoms with van der Waals surface area (Å²) in [7, 11) is 1.45. The Kier molecular flexibility index (Phi) is 4.46. The molecule has 0 saturated heterocycles. The predicted octanol–water partition coefficient (Wildman–Crippen LogP) is 2.38. The highest BCUT2D eigenvalue weighted by Gasteiger charge is 2.11. The van der Waals surface area contributed by atoms with Gasteiger partial charge < -0.3 is 9.47 Å². The Hall–Kier alpha value is -2.10. The Labute approximate surface area is 99.8 Å². The first-order valence-corrected chi connectivity index (χ1v) is 5.10. The number of esters is 1. The summed E-state index contributed by atoms with van der Waals surface area (Å²) in [5.74, 6) is 0.209. The van der Waals surface area contributed by atoms with Gasteiger partial charge in [0.15, 0.2) is 11.5 Å². The number of carbonyl (C=O) groups is 2. The number of ether oxygens (including phenoxy) is 2. The molecule has 0 aliphatic heterocycles. The van der Waals surface area contributed by atoms with Crippen LogP contribution < -0.4 is 9.47 Å². The van der Waals surface area contributed by atoms with Crippen molar-refractivity contribution in [1.29, 1.82) is 0 Å². The second kappa shape index (κ2) is 5.84. The summed E-state index contributed by atoms with van der Waals surface area (Å²) < 4.78 is 10.2. The summed E-state index contributed by atoms with van der Waals surface area (Å²) in [6.07, 6.45) is 2.36. The fraction of sp³-hybridized carbons (Fsp3) is 0.231. The van der Waals surface area contributed by atoms with Crippen LogP contribution in [0.4, 0.5) is 0 Å². The van der Waals surface area contributed by atoms with E-state index in [2.05, 4.69) is 0 Å². The number of benzene rings is 1. The minimum Gasteiger partial charge on any atom is -0.493 e. The minimum atomic E-state index is -0.440. The zero-order valence-corrected chi connectivity index (χ0v) is 10.0. The second-order valence-corrected chi connectivity index (χ2v) is 3.39. The number of methoxy groups -OCH3 is 1. The van der Waals surface area contributed by atoms with E-state index in [1.165, 1.54) is 19.2 Å². The van der Waals surface area contributed by atoms with Gasteiger partial charge in [-0.25, -0.2) is 4.79 Å². The first kappa shape index (κ1) is 13.0. The van der Waals surface area contributed by atoms with Crippen molar-refractivity contribution in [3.63, 3.8) is 0 Å². The Morgan fingerprint density at radius 3 is 2.53 bits per heavy atom. The van der Waals surface area contributed by atoms with Gasteiger partial charge in [-0.1, -0.05) is 6.08 Å². The maximum atomic E-state index is 11.6. The molecule has 4 heteroatoms. The average molecular weight is 234 g/mol. The molecule has 0 radical (unpaired) electrons. The van der Waals surface area contributed by atoms with Crippen molar-refractivity contribution in [3.8, 4) is 11.5 Å². The maximum Gasteiger partial charge on any atom is 0.338 e. The van der Waals surface area contributed by atoms with E-state index < -0.39 is 5.97 Å². The van der Waals surface area contributed by atoms with Gasteiger partial charge in [-0.2, -0.15) is 0 Å². The van der Waals surface area contributed by atoms with E-state index in [0.717, 1.165) is 0 Å². The van der Waals surface area contributed by atoms with Gasteiger partial charge in [0.25, 0.3) is 0 Å². The third-order valence-electron chi connectivity index (χ3n) is 2.28. The van der Waals surface area contributed by atoms with Gasteiger partial charge in [0.2, 0.25) is 0 Å². The maximum absolute atomic E-state index is 11.6. The molecule has 0 atom stereocenters. The van der Waals surface area contributed by atoms with Crippen molar-refractivity contribution in [2.45, 2.75) is 13.8 Å². The van der Waals surface area contributed by atoms with Crippen molar-refractivity contribution >= 4 is 12.3 Å². The van der Waals surface area contributed by atoms with Gasteiger partial charge >= 0.3 is 5.97 Å². The van der Waals surface area contributed by atoms with Gasteiger partial charge in [0, 0.05) is 11.1 Å². The molecule has 1 aromatic carbocycles. The molecule has 1 rings (SSSR count). The monoisotopic (exact) mass is 234 g/mol. The molecular formula is C13H14O4. The number of allylic oxidation sites excluding steroid dienone is 1. The van der Waals surface area contributed by atoms with Crippen molar-refractivity contribution in [2.24, 2.45) is 0 Å². The van der Waals surface area contributed by atoms with Crippen LogP contribution in [0.2, 0.25) is 0 Å². The average Bonchev–Trinajstić information content (AvgIpc) is 2.37. The molecule has 0 amide bonds. The zero-order chi connectivity index (χ0) is 12.8. The van der Waals surface area contributed by atoms with E-state index in [4.69, 9.17) is 9.47 Å². The number of aldehydes is 1. The molecule has 0 saturated carbocycles. The normalized spacial score (nSPS) is 10.9. The quantitative estimate of drug-likeness (QED) is 0.347. The van der Waals surface area contributed by atoms with Crippen LogP contribution in [0.5, 0.6) is 11.5 Å². The van der Waals surface area contributed by atoms with Gasteiger partial charge in [-0.05, 0) is 32.0 Å². The molecule has 0 spiro atoms. The van der Waals surface area contributed by atoms with Crippen LogP contribution in [0.1, 0.15) is 24.2 Å². The van der Waals surface area contributed by atoms with E-state index in [1.54, 1.807) is 26.0 Å². The third kappa shape index (κ3) is 3.17. The number of hydrogen-bond donors (Lipinski definition) is 0. The molecule has 4 nitrogen and oxygen atoms in total. The summed E-state index contributed by atoms with van der Waals surface area (Å²) in [4.78, 5) is 22.1. The Bertz CT molecular complexity index is 460. The Balaban J connectivity index is 2.98. The van der Waals surface area contributed by atoms with Crippen molar-refractivity contribution < 1.29 is 19.1 Å². The highest BCUT2D eigenvalue weighted by Crippen LogP contribution is 2.28. The lowest BCUT2D eigenvalue weighted by atomic mass is 10.2. The van der Waals surface area contributed by atoms with Crippen LogP contribution >= 0.6 is 0 Å². The summed E-state index contributed by atoms with van der Waals surface area (Å²) in [5.41, 5.74) is 0.968. The molecule has 0 fully saturated rings. The van der Waals surface area contributed by atoms with Gasteiger partial charge in [-0.3, -0.25) is 4.79 Å². The van der Waals surface area contributed by atoms with Crippen molar-refractivity contribution in [2.75, 3.05) is 7.11 Å². The molecule has 0 N–H and O–H groups in total. The molecule has 0 unspecified atom stereocenters. The zero-order valence-electron chi connectivity index (χ0n) is 10.0. The van der Waals surface area contributed by atoms with E-state index in [1.807, 2.05) is 0 Å². The van der Waals surface area contributed by atoms with Crippen LogP contribution in [0, 0.1) is 0 Å². The fourth-order valence-corrected chi connectivity index (χ4v) is 1.14. The minimum absolute atomic E-state index is 0.296. The predicted molar refractivity (Wildman–Crippen MR) is 63.4 cm³/mol. The summed E-state index contributed by atoms with van der Waals surface area (Å²) in [6.45, 7) is 3.41. The fourth-order valence-electron chi connectivity index (χ4n) is 1.14. The molecule has 17 heavy (non-hydrogen) atoms. The second-order valence-electron chi connectivity index (χ2n) is 3.39. The smallest absolute Gasteiger partial charge is 0.338 e. The van der Waals surface area contributed by atoms with Crippen LogP contribution in [-0.2, 0) is 4.79 Å². The highest BCUT2D eigenvalue weighted by atomic mass is 16.6. The first-order valence-electron chi connectivity index (χ1n) is 5.10. The van der Waals surface area contributed by atoms with Crippen LogP contribution in [0.25, 0.3) is 0 Å². The van der Waals surface area contributed by atoms with Gasteiger partial charge in [0.1, 0.15) is 6.29 Å². The molecular weight excluding hydrogens is 220 g/mol. The Morgan fingerprint density at radius 1 is 1.29 bits per heavy atom. The molecule has 1 aromatic rings. The van der Waals surface area contributed by atoms with E-state index >= 15 is 0 Å². The lowest BCUT2D eigenvalue weighted by Crippen LogP contribution is -2.09. The summed E-state index contributed by atoms with van der Waals surface area (Å²) in [6, 6.07) is 4.60. The molecule has 0 aromatic heterocycles. The van der Waals surface area contributed by atoms with E-state index in [9.17, 15) is 9.59 Å². The third-order valence-corrected chi connectivity index (χ3v) is 2.28. The number of rotatable bonds is 4. The number of carbonyl (C=O) groups excluding carboxylic acids is 2. The standard InChI is InChI=1S/C13H14O4/c1-4-9(2)13(15)17-11-6-5-10(8-14)7-12(11)16-3/h4-8H,1-3H3/b9-4+. The lowest BCUT2D eigenvalue weighted by Gasteiger charge is -2.09. The van der Waals surface area contributed by atoms with Gasteiger partial charge in [0.05, 0.1) is 7.11 Å². The van der Waals surface area contributed by atoms with E-state index in [0.29, 0.717) is 28.9 Å². The summed E-state index contributed by atoms with van der Waals surface area (Å²) >= 11 is 0. The first-order chi connectivity index (χ1) is 8.12. The summed E-state index contributed by atoms with van der Waals surface area (Å²) in [5, 5.41) is 0. The highest BCUT2D eigenvalue weighted by molar-refractivity contribution is 5.90. The SMILES string of the molecule is C/C=C(\C)C(=O)Oc1ccc(C=O)cc1OC. The Morgan fingerprint density at radius 2 is 2.00 bits per heavy atom.